The van der Waals surface area contributed by atoms with Gasteiger partial charge in [-0.3, -0.25) is 0 Å². The van der Waals surface area contributed by atoms with E-state index < -0.39 is 9.84 Å². The first-order chi connectivity index (χ1) is 14.0. The van der Waals surface area contributed by atoms with E-state index in [2.05, 4.69) is 25.8 Å². The van der Waals surface area contributed by atoms with Crippen LogP contribution in [0, 0.1) is 0 Å². The zero-order valence-electron chi connectivity index (χ0n) is 17.7. The number of benzene rings is 1. The molecule has 0 saturated carbocycles. The van der Waals surface area contributed by atoms with Crippen LogP contribution in [0.15, 0.2) is 35.5 Å². The average Bonchev–Trinajstić information content (AvgIpc) is 3.26. The smallest absolute Gasteiger partial charge is 0.175 e. The van der Waals surface area contributed by atoms with Crippen LogP contribution in [-0.4, -0.2) is 58.5 Å². The molecule has 0 bridgehead atoms. The fourth-order valence-corrected chi connectivity index (χ4v) is 4.65. The van der Waals surface area contributed by atoms with Crippen LogP contribution < -0.4 is 4.90 Å². The van der Waals surface area contributed by atoms with E-state index in [1.807, 2.05) is 21.6 Å². The van der Waals surface area contributed by atoms with Crippen LogP contribution in [0.3, 0.4) is 0 Å². The molecule has 1 aliphatic rings. The zero-order chi connectivity index (χ0) is 21.7. The van der Waals surface area contributed by atoms with Gasteiger partial charge in [-0.05, 0) is 18.1 Å². The molecule has 3 heterocycles. The number of fused-ring (bicyclic) bond motifs is 1. The molecule has 0 amide bonds. The summed E-state index contributed by atoms with van der Waals surface area (Å²) in [4.78, 5) is 16.5. The third-order valence-corrected chi connectivity index (χ3v) is 6.49. The van der Waals surface area contributed by atoms with Crippen molar-refractivity contribution in [1.29, 1.82) is 0 Å². The first-order valence-electron chi connectivity index (χ1n) is 9.98. The number of nitrogens with zero attached hydrogens (tertiary/aromatic N) is 5. The van der Waals surface area contributed by atoms with Crippen molar-refractivity contribution in [1.82, 2.24) is 19.5 Å². The van der Waals surface area contributed by atoms with Crippen molar-refractivity contribution in [3.05, 3.63) is 42.0 Å². The van der Waals surface area contributed by atoms with Crippen LogP contribution in [0.2, 0.25) is 0 Å². The lowest BCUT2D eigenvalue weighted by Crippen LogP contribution is -2.25. The van der Waals surface area contributed by atoms with Gasteiger partial charge in [0, 0.05) is 24.8 Å². The summed E-state index contributed by atoms with van der Waals surface area (Å²) in [6.45, 7) is 7.71. The topological polar surface area (TPSA) is 101 Å². The van der Waals surface area contributed by atoms with Gasteiger partial charge in [0.1, 0.15) is 5.82 Å². The summed E-state index contributed by atoms with van der Waals surface area (Å²) in [6.07, 6.45) is 3.21. The van der Waals surface area contributed by atoms with Crippen LogP contribution in [0.25, 0.3) is 11.2 Å². The largest absolute Gasteiger partial charge is 0.391 e. The predicted octanol–water partition coefficient (Wildman–Crippen LogP) is 2.15. The molecule has 0 aliphatic carbocycles. The van der Waals surface area contributed by atoms with Gasteiger partial charge in [0.2, 0.25) is 0 Å². The van der Waals surface area contributed by atoms with Crippen LogP contribution >= 0.6 is 0 Å². The average molecular weight is 430 g/mol. The molecule has 1 fully saturated rings. The SMILES string of the molecule is CC(C)(C)c1nc(N2CC[C@H](O)C2)c2ncn(Cc3ccccc3S(C)(=O)=O)c2n1. The Kier molecular flexibility index (Phi) is 5.06. The minimum Gasteiger partial charge on any atom is -0.391 e. The summed E-state index contributed by atoms with van der Waals surface area (Å²) >= 11 is 0. The molecular weight excluding hydrogens is 402 g/mol. The number of aromatic nitrogens is 4. The first-order valence-corrected chi connectivity index (χ1v) is 11.9. The number of aliphatic hydroxyl groups is 1. The molecule has 2 aromatic heterocycles. The van der Waals surface area contributed by atoms with Crippen LogP contribution in [0.5, 0.6) is 0 Å². The maximum Gasteiger partial charge on any atom is 0.175 e. The second kappa shape index (κ2) is 7.31. The summed E-state index contributed by atoms with van der Waals surface area (Å²) in [5.74, 6) is 1.40. The Bertz CT molecular complexity index is 1200. The van der Waals surface area contributed by atoms with E-state index in [9.17, 15) is 13.5 Å². The van der Waals surface area contributed by atoms with Gasteiger partial charge in [0.15, 0.2) is 26.8 Å². The number of aliphatic hydroxyl groups excluding tert-OH is 1. The zero-order valence-corrected chi connectivity index (χ0v) is 18.5. The Morgan fingerprint density at radius 1 is 1.20 bits per heavy atom. The quantitative estimate of drug-likeness (QED) is 0.678. The minimum atomic E-state index is -3.35. The lowest BCUT2D eigenvalue weighted by molar-refractivity contribution is 0.198. The molecule has 1 aliphatic heterocycles. The van der Waals surface area contributed by atoms with Crippen molar-refractivity contribution in [2.75, 3.05) is 24.2 Å². The molecule has 3 aromatic rings. The molecule has 0 radical (unpaired) electrons. The van der Waals surface area contributed by atoms with Crippen LogP contribution in [0.4, 0.5) is 5.82 Å². The number of sulfone groups is 1. The predicted molar refractivity (Wildman–Crippen MR) is 116 cm³/mol. The Hall–Kier alpha value is -2.52. The van der Waals surface area contributed by atoms with Crippen LogP contribution in [-0.2, 0) is 21.8 Å². The number of hydrogen-bond donors (Lipinski definition) is 1. The van der Waals surface area contributed by atoms with Crippen LogP contribution in [0.1, 0.15) is 38.6 Å². The van der Waals surface area contributed by atoms with Gasteiger partial charge in [0.05, 0.1) is 23.9 Å². The molecule has 1 aromatic carbocycles. The Morgan fingerprint density at radius 2 is 1.93 bits per heavy atom. The van der Waals surface area contributed by atoms with Gasteiger partial charge >= 0.3 is 0 Å². The van der Waals surface area contributed by atoms with Crippen molar-refractivity contribution in [3.8, 4) is 0 Å². The van der Waals surface area contributed by atoms with Gasteiger partial charge in [-0.1, -0.05) is 39.0 Å². The first kappa shape index (κ1) is 20.7. The Balaban J connectivity index is 1.85. The standard InChI is InChI=1S/C21H27N5O3S/c1-21(2,3)20-23-18(25-10-9-15(27)12-25)17-19(24-20)26(13-22-17)11-14-7-5-6-8-16(14)30(4,28)29/h5-8,13,15,27H,9-12H2,1-4H3/t15-/m0/s1. The maximum atomic E-state index is 12.2. The van der Waals surface area contributed by atoms with E-state index >= 15 is 0 Å². The molecule has 1 saturated heterocycles. The van der Waals surface area contributed by atoms with Gasteiger partial charge in [-0.2, -0.15) is 0 Å². The highest BCUT2D eigenvalue weighted by atomic mass is 32.2. The summed E-state index contributed by atoms with van der Waals surface area (Å²) in [6, 6.07) is 6.99. The lowest BCUT2D eigenvalue weighted by Gasteiger charge is -2.22. The van der Waals surface area contributed by atoms with Crippen molar-refractivity contribution < 1.29 is 13.5 Å². The van der Waals surface area contributed by atoms with Gasteiger partial charge in [-0.15, -0.1) is 0 Å². The summed E-state index contributed by atoms with van der Waals surface area (Å²) < 4.78 is 26.3. The molecular formula is C21H27N5O3S. The van der Waals surface area contributed by atoms with Crippen molar-refractivity contribution >= 4 is 26.8 Å². The molecule has 9 heteroatoms. The summed E-state index contributed by atoms with van der Waals surface area (Å²) in [5.41, 5.74) is 1.73. The Labute approximate surface area is 176 Å². The minimum absolute atomic E-state index is 0.277. The molecule has 0 spiro atoms. The third-order valence-electron chi connectivity index (χ3n) is 5.29. The molecule has 160 valence electrons. The number of rotatable bonds is 4. The monoisotopic (exact) mass is 429 g/mol. The van der Waals surface area contributed by atoms with E-state index in [0.717, 1.165) is 5.82 Å². The molecule has 1 N–H and O–H groups in total. The lowest BCUT2D eigenvalue weighted by atomic mass is 9.96. The van der Waals surface area contributed by atoms with Crippen molar-refractivity contribution in [2.45, 2.75) is 50.2 Å². The van der Waals surface area contributed by atoms with Gasteiger partial charge in [-0.25, -0.2) is 23.4 Å². The molecule has 1 atom stereocenters. The molecule has 4 rings (SSSR count). The van der Waals surface area contributed by atoms with Crippen molar-refractivity contribution in [3.63, 3.8) is 0 Å². The van der Waals surface area contributed by atoms with E-state index in [0.29, 0.717) is 53.5 Å². The number of hydrogen-bond acceptors (Lipinski definition) is 7. The molecule has 8 nitrogen and oxygen atoms in total. The van der Waals surface area contributed by atoms with E-state index in [-0.39, 0.29) is 11.5 Å². The normalized spacial score (nSPS) is 17.8. The maximum absolute atomic E-state index is 12.2. The fraction of sp³-hybridized carbons (Fsp3) is 0.476. The van der Waals surface area contributed by atoms with Gasteiger partial charge < -0.3 is 14.6 Å². The number of β-amino-alcohol motifs (C(OH)–C–C–N with tert-alkyl or cyclic N) is 1. The van der Waals surface area contributed by atoms with E-state index in [1.165, 1.54) is 6.26 Å². The summed E-state index contributed by atoms with van der Waals surface area (Å²) in [7, 11) is -3.35. The van der Waals surface area contributed by atoms with Gasteiger partial charge in [0.25, 0.3) is 0 Å². The summed E-state index contributed by atoms with van der Waals surface area (Å²) in [5, 5.41) is 10.0. The molecule has 0 unspecified atom stereocenters. The highest BCUT2D eigenvalue weighted by Crippen LogP contribution is 2.30. The number of imidazole rings is 1. The van der Waals surface area contributed by atoms with Crippen molar-refractivity contribution in [2.24, 2.45) is 0 Å². The van der Waals surface area contributed by atoms with E-state index in [1.54, 1.807) is 18.5 Å². The second-order valence-corrected chi connectivity index (χ2v) is 10.9. The second-order valence-electron chi connectivity index (χ2n) is 8.93. The Morgan fingerprint density at radius 3 is 2.57 bits per heavy atom. The van der Waals surface area contributed by atoms with E-state index in [4.69, 9.17) is 9.97 Å². The number of anilines is 1. The fourth-order valence-electron chi connectivity index (χ4n) is 3.71. The molecule has 30 heavy (non-hydrogen) atoms. The highest BCUT2D eigenvalue weighted by Gasteiger charge is 2.28. The third kappa shape index (κ3) is 3.91. The highest BCUT2D eigenvalue weighted by molar-refractivity contribution is 7.90.